The molecule has 1 fully saturated rings. The van der Waals surface area contributed by atoms with Crippen LogP contribution in [0.15, 0.2) is 0 Å². The van der Waals surface area contributed by atoms with Gasteiger partial charge in [-0.25, -0.2) is 0 Å². The van der Waals surface area contributed by atoms with Crippen LogP contribution in [0.1, 0.15) is 12.8 Å². The van der Waals surface area contributed by atoms with Crippen LogP contribution in [0, 0.1) is 0 Å². The fraction of sp³-hybridized carbons (Fsp3) is 1.00. The van der Waals surface area contributed by atoms with Crippen LogP contribution in [0.2, 0.25) is 0 Å². The largest absolute Gasteiger partial charge is 0.345 e. The lowest BCUT2D eigenvalue weighted by Gasteiger charge is -2.31. The average molecular weight is 174 g/mol. The summed E-state index contributed by atoms with van der Waals surface area (Å²) in [6, 6.07) is 0.0775. The van der Waals surface area contributed by atoms with Crippen LogP contribution in [0.5, 0.6) is 0 Å². The van der Waals surface area contributed by atoms with Gasteiger partial charge in [0, 0.05) is 6.04 Å². The summed E-state index contributed by atoms with van der Waals surface area (Å²) in [5.74, 6) is 0. The first-order chi connectivity index (χ1) is 4.18. The fourth-order valence-electron chi connectivity index (χ4n) is 0.863. The van der Waals surface area contributed by atoms with E-state index in [1.807, 2.05) is 0 Å². The van der Waals surface area contributed by atoms with Crippen LogP contribution >= 0.6 is 12.4 Å². The van der Waals surface area contributed by atoms with Crippen molar-refractivity contribution in [1.82, 2.24) is 0 Å². The van der Waals surface area contributed by atoms with Gasteiger partial charge in [0.1, 0.15) is 0 Å². The van der Waals surface area contributed by atoms with Crippen molar-refractivity contribution in [2.45, 2.75) is 31.6 Å². The van der Waals surface area contributed by atoms with E-state index in [9.17, 15) is 8.78 Å². The summed E-state index contributed by atoms with van der Waals surface area (Å²) in [5, 5.41) is 0. The molecule has 0 aromatic rings. The van der Waals surface area contributed by atoms with Crippen LogP contribution in [-0.4, -0.2) is 18.8 Å². The summed E-state index contributed by atoms with van der Waals surface area (Å²) >= 11 is 0. The Hall–Kier alpha value is 0.0700. The first-order valence-corrected chi connectivity index (χ1v) is 2.87. The number of alkyl halides is 2. The first kappa shape index (κ1) is 10.1. The summed E-state index contributed by atoms with van der Waals surface area (Å²) in [5.41, 5.74) is 5.32. The van der Waals surface area contributed by atoms with Crippen LogP contribution < -0.4 is 5.73 Å². The maximum Gasteiger partial charge on any atom is 0.345 e. The van der Waals surface area contributed by atoms with Crippen molar-refractivity contribution in [2.24, 2.45) is 5.73 Å². The molecule has 1 rings (SSSR count). The summed E-state index contributed by atoms with van der Waals surface area (Å²) in [4.78, 5) is 0. The van der Waals surface area contributed by atoms with E-state index in [0.717, 1.165) is 0 Å². The van der Waals surface area contributed by atoms with E-state index in [4.69, 9.17) is 5.73 Å². The van der Waals surface area contributed by atoms with Gasteiger partial charge in [0.15, 0.2) is 0 Å². The Labute approximate surface area is 64.1 Å². The number of ether oxygens (including phenoxy) is 1. The number of hydrogen-bond acceptors (Lipinski definition) is 2. The van der Waals surface area contributed by atoms with Crippen LogP contribution in [0.4, 0.5) is 8.78 Å². The van der Waals surface area contributed by atoms with Crippen LogP contribution in [-0.2, 0) is 4.74 Å². The lowest BCUT2D eigenvalue weighted by molar-refractivity contribution is -0.183. The lowest BCUT2D eigenvalue weighted by Crippen LogP contribution is -2.42. The molecule has 0 atom stereocenters. The Kier molecular flexibility index (Phi) is 4.08. The zero-order valence-corrected chi connectivity index (χ0v) is 6.11. The molecule has 0 bridgehead atoms. The van der Waals surface area contributed by atoms with Crippen molar-refractivity contribution in [3.05, 3.63) is 0 Å². The topological polar surface area (TPSA) is 35.2 Å². The molecule has 0 radical (unpaired) electrons. The molecular formula is C5H10ClF2NO. The van der Waals surface area contributed by atoms with Gasteiger partial charge in [-0.2, -0.15) is 8.78 Å². The third-order valence-electron chi connectivity index (χ3n) is 1.43. The highest BCUT2D eigenvalue weighted by Gasteiger charge is 2.28. The van der Waals surface area contributed by atoms with Gasteiger partial charge in [-0.15, -0.1) is 12.4 Å². The van der Waals surface area contributed by atoms with Crippen molar-refractivity contribution < 1.29 is 13.5 Å². The SMILES string of the molecule is Cl.NC1CC(OC(F)F)C1. The molecule has 0 aromatic heterocycles. The van der Waals surface area contributed by atoms with Crippen molar-refractivity contribution in [1.29, 1.82) is 0 Å². The van der Waals surface area contributed by atoms with Gasteiger partial charge in [0.2, 0.25) is 0 Å². The van der Waals surface area contributed by atoms with Gasteiger partial charge >= 0.3 is 6.61 Å². The highest BCUT2D eigenvalue weighted by atomic mass is 35.5. The van der Waals surface area contributed by atoms with E-state index in [0.29, 0.717) is 12.8 Å². The number of hydrogen-bond donors (Lipinski definition) is 1. The smallest absolute Gasteiger partial charge is 0.328 e. The highest BCUT2D eigenvalue weighted by molar-refractivity contribution is 5.85. The molecular weight excluding hydrogens is 164 g/mol. The van der Waals surface area contributed by atoms with Crippen molar-refractivity contribution in [3.8, 4) is 0 Å². The Morgan fingerprint density at radius 3 is 2.20 bits per heavy atom. The molecule has 0 amide bonds. The maximum absolute atomic E-state index is 11.4. The molecule has 0 spiro atoms. The Balaban J connectivity index is 0.000000810. The number of halogens is 3. The zero-order valence-electron chi connectivity index (χ0n) is 5.30. The van der Waals surface area contributed by atoms with E-state index in [1.54, 1.807) is 0 Å². The molecule has 2 nitrogen and oxygen atoms in total. The predicted octanol–water partition coefficient (Wildman–Crippen LogP) is 1.14. The summed E-state index contributed by atoms with van der Waals surface area (Å²) in [7, 11) is 0. The summed E-state index contributed by atoms with van der Waals surface area (Å²) in [6.45, 7) is -2.64. The van der Waals surface area contributed by atoms with Crippen molar-refractivity contribution in [3.63, 3.8) is 0 Å². The maximum atomic E-state index is 11.4. The first-order valence-electron chi connectivity index (χ1n) is 2.87. The zero-order chi connectivity index (χ0) is 6.85. The molecule has 0 aromatic carbocycles. The minimum Gasteiger partial charge on any atom is -0.328 e. The van der Waals surface area contributed by atoms with E-state index in [-0.39, 0.29) is 24.6 Å². The Morgan fingerprint density at radius 2 is 1.90 bits per heavy atom. The molecule has 1 aliphatic carbocycles. The normalized spacial score (nSPS) is 31.2. The monoisotopic (exact) mass is 173 g/mol. The van der Waals surface area contributed by atoms with Gasteiger partial charge in [-0.3, -0.25) is 0 Å². The van der Waals surface area contributed by atoms with Crippen molar-refractivity contribution >= 4 is 12.4 Å². The molecule has 62 valence electrons. The molecule has 0 saturated heterocycles. The van der Waals surface area contributed by atoms with Gasteiger partial charge < -0.3 is 10.5 Å². The predicted molar refractivity (Wildman–Crippen MR) is 35.3 cm³/mol. The molecule has 0 heterocycles. The lowest BCUT2D eigenvalue weighted by atomic mass is 9.90. The molecule has 2 N–H and O–H groups in total. The summed E-state index contributed by atoms with van der Waals surface area (Å²) < 4.78 is 26.9. The van der Waals surface area contributed by atoms with E-state index in [1.165, 1.54) is 0 Å². The molecule has 10 heavy (non-hydrogen) atoms. The molecule has 1 aliphatic rings. The second-order valence-corrected chi connectivity index (χ2v) is 2.25. The van der Waals surface area contributed by atoms with Crippen LogP contribution in [0.3, 0.4) is 0 Å². The van der Waals surface area contributed by atoms with E-state index in [2.05, 4.69) is 4.74 Å². The average Bonchev–Trinajstić information content (AvgIpc) is 1.60. The Bertz CT molecular complexity index is 97.6. The quantitative estimate of drug-likeness (QED) is 0.680. The minimum absolute atomic E-state index is 0. The van der Waals surface area contributed by atoms with Gasteiger partial charge in [-0.05, 0) is 12.8 Å². The fourth-order valence-corrected chi connectivity index (χ4v) is 0.863. The third kappa shape index (κ3) is 2.77. The molecule has 0 unspecified atom stereocenters. The van der Waals surface area contributed by atoms with E-state index >= 15 is 0 Å². The van der Waals surface area contributed by atoms with Gasteiger partial charge in [0.25, 0.3) is 0 Å². The second kappa shape index (κ2) is 4.05. The minimum atomic E-state index is -2.64. The van der Waals surface area contributed by atoms with Gasteiger partial charge in [-0.1, -0.05) is 0 Å². The molecule has 0 aliphatic heterocycles. The van der Waals surface area contributed by atoms with Crippen molar-refractivity contribution in [2.75, 3.05) is 0 Å². The highest BCUT2D eigenvalue weighted by Crippen LogP contribution is 2.22. The van der Waals surface area contributed by atoms with Crippen LogP contribution in [0.25, 0.3) is 0 Å². The molecule has 1 saturated carbocycles. The third-order valence-corrected chi connectivity index (χ3v) is 1.43. The second-order valence-electron chi connectivity index (χ2n) is 2.25. The standard InChI is InChI=1S/C5H9F2NO.ClH/c6-5(7)9-4-1-3(8)2-4;/h3-5H,1-2,8H2;1H. The van der Waals surface area contributed by atoms with Gasteiger partial charge in [0.05, 0.1) is 6.10 Å². The Morgan fingerprint density at radius 1 is 1.40 bits per heavy atom. The van der Waals surface area contributed by atoms with E-state index < -0.39 is 6.61 Å². The summed E-state index contributed by atoms with van der Waals surface area (Å²) in [6.07, 6.45) is 0.856. The number of rotatable bonds is 2. The molecule has 5 heteroatoms. The number of nitrogens with two attached hydrogens (primary N) is 1.